The summed E-state index contributed by atoms with van der Waals surface area (Å²) in [5.74, 6) is -0.230. The third-order valence-electron chi connectivity index (χ3n) is 3.28. The summed E-state index contributed by atoms with van der Waals surface area (Å²) in [4.78, 5) is 11.7. The van der Waals surface area contributed by atoms with Gasteiger partial charge in [-0.3, -0.25) is 0 Å². The molecule has 3 nitrogen and oxygen atoms in total. The predicted molar refractivity (Wildman–Crippen MR) is 85.3 cm³/mol. The highest BCUT2D eigenvalue weighted by Crippen LogP contribution is 2.08. The summed E-state index contributed by atoms with van der Waals surface area (Å²) in [6, 6.07) is 9.11. The van der Waals surface area contributed by atoms with E-state index < -0.39 is 0 Å². The van der Waals surface area contributed by atoms with Crippen LogP contribution in [0, 0.1) is 0 Å². The van der Waals surface area contributed by atoms with E-state index in [2.05, 4.69) is 0 Å². The molecule has 0 spiro atoms. The summed E-state index contributed by atoms with van der Waals surface area (Å²) < 4.78 is 5.23. The topological polar surface area (TPSA) is 46.5 Å². The second kappa shape index (κ2) is 12.2. The third-order valence-corrected chi connectivity index (χ3v) is 3.28. The summed E-state index contributed by atoms with van der Waals surface area (Å²) in [5.41, 5.74) is 0.619. The number of unbranched alkanes of at least 4 members (excludes halogenated alkanes) is 6. The van der Waals surface area contributed by atoms with Crippen LogP contribution in [-0.2, 0) is 4.74 Å². The Labute approximate surface area is 127 Å². The average Bonchev–Trinajstić information content (AvgIpc) is 2.53. The Morgan fingerprint density at radius 3 is 2.33 bits per heavy atom. The first-order chi connectivity index (χ1) is 10.3. The quantitative estimate of drug-likeness (QED) is 0.379. The van der Waals surface area contributed by atoms with Crippen LogP contribution in [0.5, 0.6) is 0 Å². The summed E-state index contributed by atoms with van der Waals surface area (Å²) in [5, 5.41) is 8.58. The molecule has 0 aliphatic carbocycles. The van der Waals surface area contributed by atoms with Gasteiger partial charge >= 0.3 is 5.97 Å². The van der Waals surface area contributed by atoms with Crippen LogP contribution in [0.3, 0.4) is 0 Å². The molecule has 0 saturated heterocycles. The van der Waals surface area contributed by atoms with Gasteiger partial charge in [-0.25, -0.2) is 4.79 Å². The van der Waals surface area contributed by atoms with E-state index in [0.29, 0.717) is 12.2 Å². The van der Waals surface area contributed by atoms with Crippen molar-refractivity contribution in [1.29, 1.82) is 0 Å². The average molecular weight is 290 g/mol. The van der Waals surface area contributed by atoms with Crippen LogP contribution in [0.4, 0.5) is 0 Å². The second-order valence-corrected chi connectivity index (χ2v) is 5.07. The number of allylic oxidation sites excluding steroid dienone is 1. The molecule has 0 saturated carbocycles. The van der Waals surface area contributed by atoms with Gasteiger partial charge in [-0.15, -0.1) is 0 Å². The van der Waals surface area contributed by atoms with Gasteiger partial charge in [-0.2, -0.15) is 0 Å². The maximum absolute atomic E-state index is 11.7. The predicted octanol–water partition coefficient (Wildman–Crippen LogP) is 4.12. The smallest absolute Gasteiger partial charge is 0.338 e. The lowest BCUT2D eigenvalue weighted by molar-refractivity contribution is 0.0497. The van der Waals surface area contributed by atoms with Crippen molar-refractivity contribution in [3.8, 4) is 0 Å². The Bertz CT molecular complexity index is 398. The fourth-order valence-corrected chi connectivity index (χ4v) is 2.09. The van der Waals surface area contributed by atoms with Gasteiger partial charge in [0.1, 0.15) is 0 Å². The molecule has 0 radical (unpaired) electrons. The lowest BCUT2D eigenvalue weighted by Gasteiger charge is -2.04. The highest BCUT2D eigenvalue weighted by Gasteiger charge is 2.04. The molecule has 0 aromatic heterocycles. The van der Waals surface area contributed by atoms with Gasteiger partial charge < -0.3 is 9.84 Å². The highest BCUT2D eigenvalue weighted by molar-refractivity contribution is 5.89. The number of aliphatic hydroxyl groups is 1. The van der Waals surface area contributed by atoms with E-state index in [-0.39, 0.29) is 12.6 Å². The number of aliphatic hydroxyl groups excluding tert-OH is 1. The highest BCUT2D eigenvalue weighted by atomic mass is 16.5. The minimum atomic E-state index is -0.230. The van der Waals surface area contributed by atoms with Crippen LogP contribution in [0.25, 0.3) is 0 Å². The zero-order valence-corrected chi connectivity index (χ0v) is 12.7. The molecule has 1 aromatic rings. The van der Waals surface area contributed by atoms with E-state index in [1.54, 1.807) is 18.2 Å². The molecular weight excluding hydrogens is 264 g/mol. The fourth-order valence-electron chi connectivity index (χ4n) is 2.09. The second-order valence-electron chi connectivity index (χ2n) is 5.07. The molecule has 0 aliphatic heterocycles. The first kappa shape index (κ1) is 17.4. The lowest BCUT2D eigenvalue weighted by atomic mass is 10.1. The summed E-state index contributed by atoms with van der Waals surface area (Å²) >= 11 is 0. The van der Waals surface area contributed by atoms with Crippen molar-refractivity contribution in [3.63, 3.8) is 0 Å². The maximum Gasteiger partial charge on any atom is 0.338 e. The monoisotopic (exact) mass is 290 g/mol. The Morgan fingerprint density at radius 2 is 1.62 bits per heavy atom. The summed E-state index contributed by atoms with van der Waals surface area (Å²) in [6.07, 6.45) is 11.7. The van der Waals surface area contributed by atoms with Crippen LogP contribution < -0.4 is 0 Å². The van der Waals surface area contributed by atoms with Crippen LogP contribution in [-0.4, -0.2) is 24.3 Å². The number of carbonyl (C=O) groups is 1. The molecule has 3 heteroatoms. The Balaban J connectivity index is 1.91. The van der Waals surface area contributed by atoms with Gasteiger partial charge in [0.05, 0.1) is 18.8 Å². The lowest BCUT2D eigenvalue weighted by Crippen LogP contribution is -2.06. The Hall–Kier alpha value is -1.61. The number of carbonyl (C=O) groups excluding carboxylic acids is 1. The summed E-state index contributed by atoms with van der Waals surface area (Å²) in [6.45, 7) is 0.647. The normalized spacial score (nSPS) is 10.9. The van der Waals surface area contributed by atoms with Gasteiger partial charge in [0.15, 0.2) is 0 Å². The zero-order valence-electron chi connectivity index (χ0n) is 12.7. The van der Waals surface area contributed by atoms with E-state index in [1.807, 2.05) is 24.3 Å². The van der Waals surface area contributed by atoms with Crippen molar-refractivity contribution in [2.24, 2.45) is 0 Å². The largest absolute Gasteiger partial charge is 0.462 e. The van der Waals surface area contributed by atoms with Gasteiger partial charge in [0, 0.05) is 0 Å². The van der Waals surface area contributed by atoms with E-state index in [4.69, 9.17) is 9.84 Å². The molecule has 1 rings (SSSR count). The van der Waals surface area contributed by atoms with Crippen molar-refractivity contribution < 1.29 is 14.6 Å². The molecular formula is C18H26O3. The Morgan fingerprint density at radius 1 is 0.952 bits per heavy atom. The van der Waals surface area contributed by atoms with Crippen molar-refractivity contribution in [2.45, 2.75) is 44.9 Å². The first-order valence-corrected chi connectivity index (χ1v) is 7.82. The number of benzene rings is 1. The number of hydrogen-bond acceptors (Lipinski definition) is 3. The first-order valence-electron chi connectivity index (χ1n) is 7.82. The number of rotatable bonds is 11. The minimum Gasteiger partial charge on any atom is -0.462 e. The molecule has 0 fully saturated rings. The van der Waals surface area contributed by atoms with Gasteiger partial charge in [-0.05, 0) is 31.4 Å². The zero-order chi connectivity index (χ0) is 15.2. The van der Waals surface area contributed by atoms with E-state index >= 15 is 0 Å². The maximum atomic E-state index is 11.7. The molecule has 0 aliphatic rings. The van der Waals surface area contributed by atoms with E-state index in [9.17, 15) is 4.79 Å². The molecule has 116 valence electrons. The number of ether oxygens (including phenoxy) is 1. The van der Waals surface area contributed by atoms with Gasteiger partial charge in [-0.1, -0.05) is 56.0 Å². The number of esters is 1. The van der Waals surface area contributed by atoms with Crippen molar-refractivity contribution in [2.75, 3.05) is 13.2 Å². The molecule has 1 N–H and O–H groups in total. The van der Waals surface area contributed by atoms with Crippen LogP contribution in [0.15, 0.2) is 42.5 Å². The summed E-state index contributed by atoms with van der Waals surface area (Å²) in [7, 11) is 0. The molecule has 0 atom stereocenters. The molecule has 0 amide bonds. The van der Waals surface area contributed by atoms with Crippen molar-refractivity contribution in [1.82, 2.24) is 0 Å². The Kier molecular flexibility index (Phi) is 10.1. The van der Waals surface area contributed by atoms with Gasteiger partial charge in [0.25, 0.3) is 0 Å². The SMILES string of the molecule is O=C(OCCCCCCCC/C=C/CO)c1ccccc1. The molecule has 0 bridgehead atoms. The van der Waals surface area contributed by atoms with Gasteiger partial charge in [0.2, 0.25) is 0 Å². The van der Waals surface area contributed by atoms with Crippen LogP contribution >= 0.6 is 0 Å². The van der Waals surface area contributed by atoms with E-state index in [1.165, 1.54) is 25.7 Å². The van der Waals surface area contributed by atoms with Crippen LogP contribution in [0.1, 0.15) is 55.3 Å². The van der Waals surface area contributed by atoms with Crippen LogP contribution in [0.2, 0.25) is 0 Å². The van der Waals surface area contributed by atoms with Crippen molar-refractivity contribution in [3.05, 3.63) is 48.0 Å². The standard InChI is InChI=1S/C18H26O3/c19-15-11-6-4-2-1-3-5-7-12-16-21-18(20)17-13-9-8-10-14-17/h6,8-11,13-14,19H,1-5,7,12,15-16H2/b11-6+. The van der Waals surface area contributed by atoms with Crippen molar-refractivity contribution >= 4 is 5.97 Å². The molecule has 0 heterocycles. The number of hydrogen-bond donors (Lipinski definition) is 1. The van der Waals surface area contributed by atoms with E-state index in [0.717, 1.165) is 19.3 Å². The molecule has 21 heavy (non-hydrogen) atoms. The third kappa shape index (κ3) is 9.03. The fraction of sp³-hybridized carbons (Fsp3) is 0.500. The molecule has 1 aromatic carbocycles. The molecule has 0 unspecified atom stereocenters. The minimum absolute atomic E-state index is 0.141.